The normalized spacial score (nSPS) is 11.3. The molecule has 0 aliphatic heterocycles. The van der Waals surface area contributed by atoms with Gasteiger partial charge in [-0.15, -0.1) is 0 Å². The predicted molar refractivity (Wildman–Crippen MR) is 108 cm³/mol. The summed E-state index contributed by atoms with van der Waals surface area (Å²) in [5.41, 5.74) is 0. The Hall–Kier alpha value is -0.993. The molecule has 0 saturated heterocycles. The van der Waals surface area contributed by atoms with Crippen LogP contribution < -0.4 is 10.6 Å². The average molecular weight is 361 g/mol. The standard InChI is InChI=1S/C20H29O2PSi/c1-3-15-21-24(22-16-4-2)18-17-23(19-11-7-5-8-12-19)20-13-9-6-10-14-20/h5-14,24H,3-4,15-18H2,1-2H3. The van der Waals surface area contributed by atoms with Crippen LogP contribution >= 0.6 is 7.92 Å². The molecule has 0 heterocycles. The number of benzene rings is 2. The molecule has 2 aromatic carbocycles. The van der Waals surface area contributed by atoms with E-state index in [4.69, 9.17) is 8.85 Å². The SMILES string of the molecule is CCCO[SiH](CCP(c1ccccc1)c1ccccc1)OCCC. The lowest BCUT2D eigenvalue weighted by atomic mass is 10.4. The highest BCUT2D eigenvalue weighted by atomic mass is 31.1. The van der Waals surface area contributed by atoms with Gasteiger partial charge in [0.2, 0.25) is 0 Å². The van der Waals surface area contributed by atoms with Crippen LogP contribution in [0.4, 0.5) is 0 Å². The monoisotopic (exact) mass is 360 g/mol. The van der Waals surface area contributed by atoms with Gasteiger partial charge in [0.05, 0.1) is 0 Å². The van der Waals surface area contributed by atoms with Gasteiger partial charge in [-0.3, -0.25) is 0 Å². The van der Waals surface area contributed by atoms with Crippen LogP contribution in [-0.2, 0) is 8.85 Å². The Morgan fingerprint density at radius 3 is 1.62 bits per heavy atom. The lowest BCUT2D eigenvalue weighted by molar-refractivity contribution is 0.197. The Morgan fingerprint density at radius 2 is 1.21 bits per heavy atom. The van der Waals surface area contributed by atoms with Crippen LogP contribution in [0.15, 0.2) is 60.7 Å². The third kappa shape index (κ3) is 6.49. The van der Waals surface area contributed by atoms with Gasteiger partial charge in [-0.2, -0.15) is 0 Å². The van der Waals surface area contributed by atoms with Gasteiger partial charge in [0.1, 0.15) is 0 Å². The van der Waals surface area contributed by atoms with Crippen molar-refractivity contribution in [1.29, 1.82) is 0 Å². The summed E-state index contributed by atoms with van der Waals surface area (Å²) in [4.78, 5) is 0. The van der Waals surface area contributed by atoms with Crippen LogP contribution in [0.5, 0.6) is 0 Å². The summed E-state index contributed by atoms with van der Waals surface area (Å²) >= 11 is 0. The average Bonchev–Trinajstić information content (AvgIpc) is 2.65. The van der Waals surface area contributed by atoms with Crippen LogP contribution in [0.25, 0.3) is 0 Å². The first-order valence-electron chi connectivity index (χ1n) is 8.96. The van der Waals surface area contributed by atoms with E-state index in [9.17, 15) is 0 Å². The van der Waals surface area contributed by atoms with Crippen molar-refractivity contribution in [2.24, 2.45) is 0 Å². The molecule has 0 fully saturated rings. The van der Waals surface area contributed by atoms with Gasteiger partial charge in [0.25, 0.3) is 0 Å². The van der Waals surface area contributed by atoms with Gasteiger partial charge in [-0.25, -0.2) is 0 Å². The molecule has 0 amide bonds. The molecular formula is C20H29O2PSi. The van der Waals surface area contributed by atoms with Gasteiger partial charge < -0.3 is 8.85 Å². The molecule has 0 aliphatic rings. The zero-order chi connectivity index (χ0) is 17.0. The second-order valence-corrected chi connectivity index (χ2v) is 10.2. The van der Waals surface area contributed by atoms with E-state index in [1.54, 1.807) is 0 Å². The lowest BCUT2D eigenvalue weighted by Gasteiger charge is -2.22. The molecule has 0 atom stereocenters. The van der Waals surface area contributed by atoms with Crippen LogP contribution in [0, 0.1) is 0 Å². The fourth-order valence-corrected chi connectivity index (χ4v) is 7.75. The van der Waals surface area contributed by atoms with Crippen molar-refractivity contribution in [2.75, 3.05) is 19.4 Å². The van der Waals surface area contributed by atoms with Crippen molar-refractivity contribution in [3.05, 3.63) is 60.7 Å². The highest BCUT2D eigenvalue weighted by molar-refractivity contribution is 7.73. The Kier molecular flexibility index (Phi) is 9.30. The minimum atomic E-state index is -1.56. The smallest absolute Gasteiger partial charge is 0.321 e. The number of rotatable bonds is 11. The molecule has 0 N–H and O–H groups in total. The van der Waals surface area contributed by atoms with E-state index in [2.05, 4.69) is 74.5 Å². The van der Waals surface area contributed by atoms with Crippen molar-refractivity contribution in [3.8, 4) is 0 Å². The van der Waals surface area contributed by atoms with Crippen LogP contribution in [0.3, 0.4) is 0 Å². The fourth-order valence-electron chi connectivity index (χ4n) is 2.57. The molecule has 0 aliphatic carbocycles. The lowest BCUT2D eigenvalue weighted by Crippen LogP contribution is -2.26. The number of hydrogen-bond donors (Lipinski definition) is 0. The van der Waals surface area contributed by atoms with Crippen LogP contribution in [0.2, 0.25) is 6.04 Å². The topological polar surface area (TPSA) is 18.5 Å². The third-order valence-electron chi connectivity index (χ3n) is 3.74. The quantitative estimate of drug-likeness (QED) is 0.442. The first-order valence-corrected chi connectivity index (χ1v) is 12.2. The van der Waals surface area contributed by atoms with Gasteiger partial charge in [0.15, 0.2) is 0 Å². The number of hydrogen-bond acceptors (Lipinski definition) is 2. The van der Waals surface area contributed by atoms with E-state index in [1.165, 1.54) is 10.6 Å². The zero-order valence-electron chi connectivity index (χ0n) is 14.9. The first-order chi connectivity index (χ1) is 11.8. The summed E-state index contributed by atoms with van der Waals surface area (Å²) in [6.45, 7) is 5.97. The Morgan fingerprint density at radius 1 is 0.750 bits per heavy atom. The molecule has 0 radical (unpaired) electrons. The van der Waals surface area contributed by atoms with E-state index in [-0.39, 0.29) is 7.92 Å². The largest absolute Gasteiger partial charge is 0.397 e. The summed E-state index contributed by atoms with van der Waals surface area (Å²) in [5, 5.41) is 2.88. The zero-order valence-corrected chi connectivity index (χ0v) is 16.9. The van der Waals surface area contributed by atoms with Gasteiger partial charge >= 0.3 is 9.28 Å². The Bertz CT molecular complexity index is 503. The summed E-state index contributed by atoms with van der Waals surface area (Å²) in [6.07, 6.45) is 3.27. The summed E-state index contributed by atoms with van der Waals surface area (Å²) < 4.78 is 12.1. The first kappa shape index (κ1) is 19.3. The van der Waals surface area contributed by atoms with Crippen molar-refractivity contribution in [2.45, 2.75) is 32.7 Å². The van der Waals surface area contributed by atoms with Crippen molar-refractivity contribution in [3.63, 3.8) is 0 Å². The molecule has 4 heteroatoms. The highest BCUT2D eigenvalue weighted by Crippen LogP contribution is 2.34. The van der Waals surface area contributed by atoms with E-state index >= 15 is 0 Å². The molecule has 2 rings (SSSR count). The molecule has 0 aromatic heterocycles. The second-order valence-electron chi connectivity index (χ2n) is 5.78. The van der Waals surface area contributed by atoms with E-state index in [0.29, 0.717) is 0 Å². The van der Waals surface area contributed by atoms with E-state index < -0.39 is 9.28 Å². The second kappa shape index (κ2) is 11.5. The van der Waals surface area contributed by atoms with E-state index in [0.717, 1.165) is 38.3 Å². The maximum atomic E-state index is 6.04. The molecule has 0 spiro atoms. The minimum absolute atomic E-state index is 0.339. The molecule has 130 valence electrons. The van der Waals surface area contributed by atoms with Crippen molar-refractivity contribution in [1.82, 2.24) is 0 Å². The molecular weight excluding hydrogens is 331 g/mol. The van der Waals surface area contributed by atoms with Gasteiger partial charge in [-0.05, 0) is 43.6 Å². The molecule has 2 nitrogen and oxygen atoms in total. The van der Waals surface area contributed by atoms with Crippen LogP contribution in [0.1, 0.15) is 26.7 Å². The molecule has 0 unspecified atom stereocenters. The van der Waals surface area contributed by atoms with Crippen LogP contribution in [-0.4, -0.2) is 28.7 Å². The Labute approximate surface area is 149 Å². The van der Waals surface area contributed by atoms with Crippen molar-refractivity contribution < 1.29 is 8.85 Å². The van der Waals surface area contributed by atoms with Gasteiger partial charge in [-0.1, -0.05) is 74.5 Å². The highest BCUT2D eigenvalue weighted by Gasteiger charge is 2.19. The molecule has 0 saturated carbocycles. The summed E-state index contributed by atoms with van der Waals surface area (Å²) in [5.74, 6) is 0. The fraction of sp³-hybridized carbons (Fsp3) is 0.400. The van der Waals surface area contributed by atoms with Gasteiger partial charge in [0, 0.05) is 13.2 Å². The molecule has 24 heavy (non-hydrogen) atoms. The maximum absolute atomic E-state index is 6.04. The predicted octanol–water partition coefficient (Wildman–Crippen LogP) is 4.19. The van der Waals surface area contributed by atoms with Crippen molar-refractivity contribution >= 4 is 27.8 Å². The summed E-state index contributed by atoms with van der Waals surface area (Å²) in [6, 6.07) is 22.9. The third-order valence-corrected chi connectivity index (χ3v) is 8.75. The Balaban J connectivity index is 2.07. The molecule has 2 aromatic rings. The maximum Gasteiger partial charge on any atom is 0.321 e. The minimum Gasteiger partial charge on any atom is -0.397 e. The molecule has 0 bridgehead atoms. The summed E-state index contributed by atoms with van der Waals surface area (Å²) in [7, 11) is -1.89. The van der Waals surface area contributed by atoms with E-state index in [1.807, 2.05) is 0 Å².